The Bertz CT molecular complexity index is 187. The molecule has 0 aromatic heterocycles. The highest BCUT2D eigenvalue weighted by Crippen LogP contribution is 2.06. The minimum Gasteiger partial charge on any atom is -0.229 e. The molecule has 0 N–H and O–H groups in total. The van der Waals surface area contributed by atoms with E-state index in [4.69, 9.17) is 11.6 Å². The molecule has 0 aliphatic rings. The number of rotatable bonds is 5. The molecule has 0 saturated heterocycles. The molecule has 0 fully saturated rings. The van der Waals surface area contributed by atoms with Gasteiger partial charge in [0.25, 0.3) is 0 Å². The zero-order valence-corrected chi connectivity index (χ0v) is 8.58. The molecule has 0 spiro atoms. The van der Waals surface area contributed by atoms with E-state index in [1.807, 2.05) is 6.92 Å². The first-order chi connectivity index (χ1) is 5.02. The van der Waals surface area contributed by atoms with E-state index < -0.39 is 9.84 Å². The SMILES string of the molecule is CCS(=O)(=O)CCC(C)CCl. The summed E-state index contributed by atoms with van der Waals surface area (Å²) in [6.45, 7) is 3.62. The zero-order valence-electron chi connectivity index (χ0n) is 7.01. The van der Waals surface area contributed by atoms with Crippen molar-refractivity contribution in [2.45, 2.75) is 20.3 Å². The maximum Gasteiger partial charge on any atom is 0.150 e. The van der Waals surface area contributed by atoms with E-state index in [9.17, 15) is 8.42 Å². The second-order valence-electron chi connectivity index (χ2n) is 2.78. The van der Waals surface area contributed by atoms with Crippen molar-refractivity contribution >= 4 is 21.4 Å². The van der Waals surface area contributed by atoms with Gasteiger partial charge in [0.15, 0.2) is 0 Å². The molecule has 0 aliphatic heterocycles. The Morgan fingerprint density at radius 2 is 2.00 bits per heavy atom. The van der Waals surface area contributed by atoms with Crippen LogP contribution in [0.2, 0.25) is 0 Å². The maximum atomic E-state index is 11.0. The van der Waals surface area contributed by atoms with Gasteiger partial charge in [-0.2, -0.15) is 0 Å². The summed E-state index contributed by atoms with van der Waals surface area (Å²) in [5.41, 5.74) is 0. The molecule has 0 aromatic carbocycles. The Labute approximate surface area is 73.9 Å². The second-order valence-corrected chi connectivity index (χ2v) is 5.57. The Kier molecular flexibility index (Phi) is 5.10. The van der Waals surface area contributed by atoms with Crippen LogP contribution in [-0.2, 0) is 9.84 Å². The van der Waals surface area contributed by atoms with E-state index in [0.29, 0.717) is 18.2 Å². The highest BCUT2D eigenvalue weighted by molar-refractivity contribution is 7.91. The smallest absolute Gasteiger partial charge is 0.150 e. The van der Waals surface area contributed by atoms with Gasteiger partial charge >= 0.3 is 0 Å². The lowest BCUT2D eigenvalue weighted by Crippen LogP contribution is -2.12. The zero-order chi connectivity index (χ0) is 8.91. The quantitative estimate of drug-likeness (QED) is 0.630. The van der Waals surface area contributed by atoms with Crippen LogP contribution in [-0.4, -0.2) is 25.8 Å². The minimum atomic E-state index is -2.78. The van der Waals surface area contributed by atoms with Crippen molar-refractivity contribution in [1.82, 2.24) is 0 Å². The molecule has 1 atom stereocenters. The minimum absolute atomic E-state index is 0.238. The van der Waals surface area contributed by atoms with Crippen molar-refractivity contribution in [3.05, 3.63) is 0 Å². The Hall–Kier alpha value is 0.240. The Morgan fingerprint density at radius 3 is 2.36 bits per heavy atom. The predicted molar refractivity (Wildman–Crippen MR) is 48.8 cm³/mol. The summed E-state index contributed by atoms with van der Waals surface area (Å²) < 4.78 is 22.0. The molecule has 0 radical (unpaired) electrons. The van der Waals surface area contributed by atoms with Crippen molar-refractivity contribution in [1.29, 1.82) is 0 Å². The van der Waals surface area contributed by atoms with Crippen LogP contribution in [0.15, 0.2) is 0 Å². The summed E-state index contributed by atoms with van der Waals surface area (Å²) >= 11 is 5.53. The lowest BCUT2D eigenvalue weighted by Gasteiger charge is -2.05. The molecule has 0 amide bonds. The first-order valence-electron chi connectivity index (χ1n) is 3.78. The number of hydrogen-bond acceptors (Lipinski definition) is 2. The lowest BCUT2D eigenvalue weighted by molar-refractivity contribution is 0.576. The number of hydrogen-bond donors (Lipinski definition) is 0. The lowest BCUT2D eigenvalue weighted by atomic mass is 10.2. The van der Waals surface area contributed by atoms with Gasteiger partial charge in [-0.05, 0) is 12.3 Å². The molecule has 0 rings (SSSR count). The normalized spacial score (nSPS) is 14.8. The first-order valence-corrected chi connectivity index (χ1v) is 6.13. The van der Waals surface area contributed by atoms with Gasteiger partial charge in [-0.25, -0.2) is 8.42 Å². The van der Waals surface area contributed by atoms with Crippen LogP contribution in [0.5, 0.6) is 0 Å². The van der Waals surface area contributed by atoms with Crippen LogP contribution < -0.4 is 0 Å². The van der Waals surface area contributed by atoms with Gasteiger partial charge < -0.3 is 0 Å². The summed E-state index contributed by atoms with van der Waals surface area (Å²) in [6.07, 6.45) is 0.680. The third-order valence-electron chi connectivity index (χ3n) is 1.62. The standard InChI is InChI=1S/C7H15ClO2S/c1-3-11(9,10)5-4-7(2)6-8/h7H,3-6H2,1-2H3. The average Bonchev–Trinajstić information content (AvgIpc) is 2.00. The van der Waals surface area contributed by atoms with Crippen molar-refractivity contribution in [3.63, 3.8) is 0 Å². The van der Waals surface area contributed by atoms with E-state index in [2.05, 4.69) is 0 Å². The van der Waals surface area contributed by atoms with Gasteiger partial charge in [-0.15, -0.1) is 11.6 Å². The van der Waals surface area contributed by atoms with Crippen molar-refractivity contribution < 1.29 is 8.42 Å². The molecule has 68 valence electrons. The molecule has 0 saturated carbocycles. The van der Waals surface area contributed by atoms with E-state index in [1.54, 1.807) is 6.92 Å². The third kappa shape index (κ3) is 5.50. The van der Waals surface area contributed by atoms with Crippen LogP contribution >= 0.6 is 11.6 Å². The molecule has 0 bridgehead atoms. The molecule has 0 aromatic rings. The summed E-state index contributed by atoms with van der Waals surface area (Å²) in [6, 6.07) is 0. The number of sulfone groups is 1. The highest BCUT2D eigenvalue weighted by atomic mass is 35.5. The van der Waals surface area contributed by atoms with Gasteiger partial charge in [0.1, 0.15) is 9.84 Å². The topological polar surface area (TPSA) is 34.1 Å². The van der Waals surface area contributed by atoms with Crippen LogP contribution in [0.25, 0.3) is 0 Å². The average molecular weight is 199 g/mol. The number of alkyl halides is 1. The molecule has 1 unspecified atom stereocenters. The second kappa shape index (κ2) is 4.99. The van der Waals surface area contributed by atoms with E-state index in [-0.39, 0.29) is 11.5 Å². The summed E-state index contributed by atoms with van der Waals surface area (Å²) in [4.78, 5) is 0. The van der Waals surface area contributed by atoms with Crippen LogP contribution in [0.1, 0.15) is 20.3 Å². The van der Waals surface area contributed by atoms with Crippen LogP contribution in [0.4, 0.5) is 0 Å². The van der Waals surface area contributed by atoms with Gasteiger partial charge in [0, 0.05) is 11.6 Å². The van der Waals surface area contributed by atoms with Crippen LogP contribution in [0.3, 0.4) is 0 Å². The number of halogens is 1. The van der Waals surface area contributed by atoms with E-state index in [1.165, 1.54) is 0 Å². The molecule has 0 aliphatic carbocycles. The molecule has 0 heterocycles. The fourth-order valence-corrected chi connectivity index (χ4v) is 1.81. The van der Waals surface area contributed by atoms with Gasteiger partial charge in [-0.3, -0.25) is 0 Å². The monoisotopic (exact) mass is 198 g/mol. The molecule has 4 heteroatoms. The fourth-order valence-electron chi connectivity index (χ4n) is 0.602. The maximum absolute atomic E-state index is 11.0. The van der Waals surface area contributed by atoms with Gasteiger partial charge in [-0.1, -0.05) is 13.8 Å². The highest BCUT2D eigenvalue weighted by Gasteiger charge is 2.09. The largest absolute Gasteiger partial charge is 0.229 e. The predicted octanol–water partition coefficient (Wildman–Crippen LogP) is 1.69. The molecular weight excluding hydrogens is 184 g/mol. The molecule has 2 nitrogen and oxygen atoms in total. The van der Waals surface area contributed by atoms with Crippen LogP contribution in [0, 0.1) is 5.92 Å². The Balaban J connectivity index is 3.71. The van der Waals surface area contributed by atoms with E-state index >= 15 is 0 Å². The Morgan fingerprint density at radius 1 is 1.45 bits per heavy atom. The van der Waals surface area contributed by atoms with Gasteiger partial charge in [0.05, 0.1) is 5.75 Å². The molecule has 11 heavy (non-hydrogen) atoms. The third-order valence-corrected chi connectivity index (χ3v) is 3.89. The molecular formula is C7H15ClO2S. The summed E-state index contributed by atoms with van der Waals surface area (Å²) in [7, 11) is -2.78. The fraction of sp³-hybridized carbons (Fsp3) is 1.00. The summed E-state index contributed by atoms with van der Waals surface area (Å²) in [5.74, 6) is 1.36. The van der Waals surface area contributed by atoms with Gasteiger partial charge in [0.2, 0.25) is 0 Å². The first kappa shape index (κ1) is 11.2. The van der Waals surface area contributed by atoms with E-state index in [0.717, 1.165) is 0 Å². The van der Waals surface area contributed by atoms with Crippen molar-refractivity contribution in [2.24, 2.45) is 5.92 Å². The van der Waals surface area contributed by atoms with Crippen molar-refractivity contribution in [3.8, 4) is 0 Å². The van der Waals surface area contributed by atoms with Crippen molar-refractivity contribution in [2.75, 3.05) is 17.4 Å². The summed E-state index contributed by atoms with van der Waals surface area (Å²) in [5, 5.41) is 0.